The molecule has 158 valence electrons. The minimum absolute atomic E-state index is 0.0430. The van der Waals surface area contributed by atoms with Gasteiger partial charge in [-0.05, 0) is 38.3 Å². The summed E-state index contributed by atoms with van der Waals surface area (Å²) in [7, 11) is 2.24. The molecule has 3 atom stereocenters. The predicted octanol–water partition coefficient (Wildman–Crippen LogP) is 2.58. The predicted molar refractivity (Wildman–Crippen MR) is 118 cm³/mol. The average Bonchev–Trinajstić information content (AvgIpc) is 3.24. The third kappa shape index (κ3) is 3.42. The molecule has 4 N–H and O–H groups in total. The lowest BCUT2D eigenvalue weighted by Crippen LogP contribution is -2.49. The number of anilines is 2. The van der Waals surface area contributed by atoms with Crippen LogP contribution in [0.3, 0.4) is 0 Å². The number of aromatic nitrogens is 1. The fourth-order valence-corrected chi connectivity index (χ4v) is 5.24. The standard InChI is InChI=1S/C23H29N5O2/c1-28-16-7-8-17(28)11-23(10-16)14-30-22(27-23)18-12-25-21(24)9-19(18)26-20(13-29)15-5-3-2-4-6-15/h2-6,9,12,16-17,20,29H,7-8,10-11,13-14H2,1H3,(H3,24,25,26)/t16?,17?,20-,23?/m1/s1. The number of hydrogen-bond acceptors (Lipinski definition) is 7. The zero-order chi connectivity index (χ0) is 20.7. The van der Waals surface area contributed by atoms with E-state index in [4.69, 9.17) is 15.5 Å². The van der Waals surface area contributed by atoms with Gasteiger partial charge in [0, 0.05) is 24.3 Å². The Kier molecular flexibility index (Phi) is 4.87. The Hall–Kier alpha value is -2.64. The Morgan fingerprint density at radius 2 is 2.00 bits per heavy atom. The van der Waals surface area contributed by atoms with Crippen molar-refractivity contribution in [3.8, 4) is 0 Å². The van der Waals surface area contributed by atoms with Gasteiger partial charge in [-0.1, -0.05) is 30.3 Å². The number of fused-ring (bicyclic) bond motifs is 2. The second-order valence-electron chi connectivity index (χ2n) is 8.83. The van der Waals surface area contributed by atoms with Gasteiger partial charge in [0.05, 0.1) is 23.9 Å². The normalized spacial score (nSPS) is 28.9. The number of aliphatic imine (C=N–C) groups is 1. The first-order valence-corrected chi connectivity index (χ1v) is 10.7. The molecule has 0 aliphatic carbocycles. The van der Waals surface area contributed by atoms with Crippen molar-refractivity contribution in [3.05, 3.63) is 53.7 Å². The van der Waals surface area contributed by atoms with Crippen LogP contribution < -0.4 is 11.1 Å². The van der Waals surface area contributed by atoms with Crippen LogP contribution in [0.15, 0.2) is 47.6 Å². The minimum Gasteiger partial charge on any atom is -0.475 e. The lowest BCUT2D eigenvalue weighted by atomic mass is 9.84. The Bertz CT molecular complexity index is 934. The van der Waals surface area contributed by atoms with Crippen LogP contribution in [0.4, 0.5) is 11.5 Å². The topological polar surface area (TPSA) is 96.0 Å². The van der Waals surface area contributed by atoms with Crippen LogP contribution in [0.2, 0.25) is 0 Å². The summed E-state index contributed by atoms with van der Waals surface area (Å²) in [6.45, 7) is 0.577. The van der Waals surface area contributed by atoms with Gasteiger partial charge in [-0.25, -0.2) is 9.98 Å². The van der Waals surface area contributed by atoms with Crippen LogP contribution in [0, 0.1) is 0 Å². The maximum absolute atomic E-state index is 9.98. The molecule has 5 rings (SSSR count). The van der Waals surface area contributed by atoms with E-state index < -0.39 is 0 Å². The largest absolute Gasteiger partial charge is 0.475 e. The van der Waals surface area contributed by atoms with Gasteiger partial charge in [0.2, 0.25) is 5.90 Å². The third-order valence-electron chi connectivity index (χ3n) is 6.90. The zero-order valence-corrected chi connectivity index (χ0v) is 17.3. The summed E-state index contributed by atoms with van der Waals surface area (Å²) in [5, 5.41) is 13.4. The highest BCUT2D eigenvalue weighted by atomic mass is 16.5. The van der Waals surface area contributed by atoms with Crippen LogP contribution in [-0.4, -0.2) is 58.8 Å². The summed E-state index contributed by atoms with van der Waals surface area (Å²) >= 11 is 0. The third-order valence-corrected chi connectivity index (χ3v) is 6.90. The van der Waals surface area contributed by atoms with E-state index in [0.29, 0.717) is 30.4 Å². The van der Waals surface area contributed by atoms with Crippen molar-refractivity contribution < 1.29 is 9.84 Å². The number of nitrogens with zero attached hydrogens (tertiary/aromatic N) is 3. The summed E-state index contributed by atoms with van der Waals surface area (Å²) in [6.07, 6.45) is 6.30. The maximum atomic E-state index is 9.98. The van der Waals surface area contributed by atoms with Crippen molar-refractivity contribution >= 4 is 17.4 Å². The molecule has 0 amide bonds. The number of benzene rings is 1. The maximum Gasteiger partial charge on any atom is 0.220 e. The molecule has 1 aromatic carbocycles. The van der Waals surface area contributed by atoms with Gasteiger partial charge in [0.25, 0.3) is 0 Å². The van der Waals surface area contributed by atoms with Gasteiger partial charge in [-0.2, -0.15) is 0 Å². The summed E-state index contributed by atoms with van der Waals surface area (Å²) in [4.78, 5) is 11.9. The summed E-state index contributed by atoms with van der Waals surface area (Å²) in [5.74, 6) is 1.04. The van der Waals surface area contributed by atoms with E-state index in [0.717, 1.165) is 29.7 Å². The number of nitrogen functional groups attached to an aromatic ring is 1. The van der Waals surface area contributed by atoms with Crippen molar-refractivity contribution in [1.29, 1.82) is 0 Å². The molecule has 3 aliphatic heterocycles. The van der Waals surface area contributed by atoms with E-state index in [1.165, 1.54) is 12.8 Å². The summed E-state index contributed by atoms with van der Waals surface area (Å²) < 4.78 is 6.14. The van der Waals surface area contributed by atoms with Gasteiger partial charge in [-0.15, -0.1) is 0 Å². The number of nitrogens with one attached hydrogen (secondary N) is 1. The summed E-state index contributed by atoms with van der Waals surface area (Å²) in [5.41, 5.74) is 8.41. The molecule has 3 aliphatic rings. The van der Waals surface area contributed by atoms with Crippen molar-refractivity contribution in [2.24, 2.45) is 4.99 Å². The highest BCUT2D eigenvalue weighted by Crippen LogP contribution is 2.44. The van der Waals surface area contributed by atoms with Gasteiger partial charge in [-0.3, -0.25) is 0 Å². The minimum atomic E-state index is -0.262. The molecule has 0 radical (unpaired) electrons. The number of ether oxygens (including phenoxy) is 1. The number of nitrogens with two attached hydrogens (primary N) is 1. The molecule has 7 nitrogen and oxygen atoms in total. The van der Waals surface area contributed by atoms with Crippen molar-refractivity contribution in [2.75, 3.05) is 31.3 Å². The van der Waals surface area contributed by atoms with Crippen molar-refractivity contribution in [1.82, 2.24) is 9.88 Å². The Morgan fingerprint density at radius 1 is 1.27 bits per heavy atom. The van der Waals surface area contributed by atoms with Crippen LogP contribution in [0.1, 0.15) is 42.9 Å². The number of hydrogen-bond donors (Lipinski definition) is 3. The van der Waals surface area contributed by atoms with E-state index in [1.807, 2.05) is 30.3 Å². The monoisotopic (exact) mass is 407 g/mol. The van der Waals surface area contributed by atoms with E-state index in [2.05, 4.69) is 22.2 Å². The van der Waals surface area contributed by atoms with Gasteiger partial charge in [0.1, 0.15) is 18.0 Å². The van der Waals surface area contributed by atoms with E-state index >= 15 is 0 Å². The second-order valence-corrected chi connectivity index (χ2v) is 8.83. The zero-order valence-electron chi connectivity index (χ0n) is 17.3. The molecule has 2 fully saturated rings. The van der Waals surface area contributed by atoms with Crippen molar-refractivity contribution in [3.63, 3.8) is 0 Å². The van der Waals surface area contributed by atoms with E-state index in [9.17, 15) is 5.11 Å². The molecule has 2 unspecified atom stereocenters. The van der Waals surface area contributed by atoms with E-state index in [1.54, 1.807) is 12.3 Å². The molecule has 0 saturated carbocycles. The molecular weight excluding hydrogens is 378 g/mol. The molecule has 2 bridgehead atoms. The number of aliphatic hydroxyl groups is 1. The lowest BCUT2D eigenvalue weighted by Gasteiger charge is -2.40. The summed E-state index contributed by atoms with van der Waals surface area (Å²) in [6, 6.07) is 12.6. The molecule has 30 heavy (non-hydrogen) atoms. The lowest BCUT2D eigenvalue weighted by molar-refractivity contribution is 0.0953. The molecule has 7 heteroatoms. The molecule has 2 aromatic rings. The number of piperidine rings is 1. The van der Waals surface area contributed by atoms with Gasteiger partial charge < -0.3 is 25.8 Å². The number of pyridine rings is 1. The van der Waals surface area contributed by atoms with Gasteiger partial charge in [0.15, 0.2) is 0 Å². The number of aliphatic hydroxyl groups excluding tert-OH is 1. The second kappa shape index (κ2) is 7.56. The number of rotatable bonds is 5. The molecule has 4 heterocycles. The first kappa shape index (κ1) is 19.3. The highest BCUT2D eigenvalue weighted by Gasteiger charge is 2.50. The molecule has 1 spiro atoms. The fourth-order valence-electron chi connectivity index (χ4n) is 5.24. The first-order valence-electron chi connectivity index (χ1n) is 10.7. The van der Waals surface area contributed by atoms with Crippen LogP contribution in [0.5, 0.6) is 0 Å². The first-order chi connectivity index (χ1) is 14.6. The fraction of sp³-hybridized carbons (Fsp3) is 0.478. The van der Waals surface area contributed by atoms with Crippen LogP contribution in [-0.2, 0) is 4.74 Å². The van der Waals surface area contributed by atoms with Crippen molar-refractivity contribution in [2.45, 2.75) is 49.3 Å². The highest BCUT2D eigenvalue weighted by molar-refractivity contribution is 6.00. The average molecular weight is 408 g/mol. The Balaban J connectivity index is 1.44. The van der Waals surface area contributed by atoms with Gasteiger partial charge >= 0.3 is 0 Å². The molecular formula is C23H29N5O2. The smallest absolute Gasteiger partial charge is 0.220 e. The molecule has 2 saturated heterocycles. The quantitative estimate of drug-likeness (QED) is 0.705. The Morgan fingerprint density at radius 3 is 2.70 bits per heavy atom. The van der Waals surface area contributed by atoms with Crippen LogP contribution in [0.25, 0.3) is 0 Å². The van der Waals surface area contributed by atoms with E-state index in [-0.39, 0.29) is 18.2 Å². The van der Waals surface area contributed by atoms with Crippen LogP contribution >= 0.6 is 0 Å². The Labute approximate surface area is 177 Å². The molecule has 1 aromatic heterocycles. The SMILES string of the molecule is CN1C2CCC1CC1(COC(c3cnc(N)cc3N[C@H](CO)c3ccccc3)=N1)C2.